The Kier molecular flexibility index (Phi) is 8.49. The van der Waals surface area contributed by atoms with Crippen LogP contribution in [-0.2, 0) is 14.8 Å². The normalized spacial score (nSPS) is 11.6. The Hall–Kier alpha value is -3.59. The van der Waals surface area contributed by atoms with Gasteiger partial charge in [0.2, 0.25) is 0 Å². The molecule has 0 radical (unpaired) electrons. The number of carbonyl (C=O) groups is 1. The predicted molar refractivity (Wildman–Crippen MR) is 158 cm³/mol. The average Bonchev–Trinajstić information content (AvgIpc) is 3.17. The molecule has 0 saturated heterocycles. The monoisotopic (exact) mass is 582 g/mol. The van der Waals surface area contributed by atoms with E-state index in [2.05, 4.69) is 10.5 Å². The first-order valence-electron chi connectivity index (χ1n) is 12.1. The Bertz CT molecular complexity index is 1660. The number of hydrazone groups is 1. The summed E-state index contributed by atoms with van der Waals surface area (Å²) >= 11 is 12.5. The van der Waals surface area contributed by atoms with Crippen molar-refractivity contribution in [3.8, 4) is 5.69 Å². The van der Waals surface area contributed by atoms with Crippen molar-refractivity contribution in [2.45, 2.75) is 32.6 Å². The highest BCUT2D eigenvalue weighted by Crippen LogP contribution is 2.31. The van der Waals surface area contributed by atoms with E-state index in [9.17, 15) is 13.2 Å². The van der Waals surface area contributed by atoms with Crippen LogP contribution in [0.3, 0.4) is 0 Å². The van der Waals surface area contributed by atoms with Crippen LogP contribution in [0.5, 0.6) is 0 Å². The lowest BCUT2D eigenvalue weighted by Gasteiger charge is -2.25. The molecule has 0 aliphatic carbocycles. The van der Waals surface area contributed by atoms with Crippen molar-refractivity contribution in [1.29, 1.82) is 0 Å². The third-order valence-corrected chi connectivity index (χ3v) is 8.75. The molecule has 4 aromatic rings. The highest BCUT2D eigenvalue weighted by Gasteiger charge is 2.28. The smallest absolute Gasteiger partial charge is 0.264 e. The van der Waals surface area contributed by atoms with Crippen molar-refractivity contribution in [1.82, 2.24) is 9.99 Å². The zero-order valence-corrected chi connectivity index (χ0v) is 24.3. The van der Waals surface area contributed by atoms with E-state index < -0.39 is 22.5 Å². The van der Waals surface area contributed by atoms with E-state index in [0.717, 1.165) is 32.5 Å². The molecule has 0 saturated carbocycles. The van der Waals surface area contributed by atoms with E-state index in [1.165, 1.54) is 18.3 Å². The lowest BCUT2D eigenvalue weighted by Crippen LogP contribution is -2.40. The van der Waals surface area contributed by atoms with Crippen LogP contribution in [0.2, 0.25) is 10.0 Å². The molecule has 0 aliphatic rings. The number of nitrogens with one attached hydrogen (secondary N) is 1. The summed E-state index contributed by atoms with van der Waals surface area (Å²) in [6.07, 6.45) is 1.53. The molecule has 39 heavy (non-hydrogen) atoms. The molecule has 0 aliphatic heterocycles. The molecule has 0 fully saturated rings. The van der Waals surface area contributed by atoms with Crippen molar-refractivity contribution in [3.63, 3.8) is 0 Å². The number of rotatable bonds is 8. The molecule has 4 rings (SSSR count). The minimum atomic E-state index is -4.08. The Morgan fingerprint density at radius 3 is 2.36 bits per heavy atom. The van der Waals surface area contributed by atoms with Gasteiger partial charge in [0.1, 0.15) is 6.54 Å². The van der Waals surface area contributed by atoms with Crippen LogP contribution in [-0.4, -0.2) is 31.7 Å². The summed E-state index contributed by atoms with van der Waals surface area (Å²) in [5.74, 6) is -0.607. The molecular weight excluding hydrogens is 555 g/mol. The number of halogens is 2. The van der Waals surface area contributed by atoms with Crippen LogP contribution in [0.15, 0.2) is 82.8 Å². The molecule has 7 nitrogen and oxygen atoms in total. The van der Waals surface area contributed by atoms with Gasteiger partial charge in [-0.1, -0.05) is 53.0 Å². The van der Waals surface area contributed by atoms with Crippen LogP contribution in [0.25, 0.3) is 5.69 Å². The van der Waals surface area contributed by atoms with Gasteiger partial charge in [0, 0.05) is 32.7 Å². The van der Waals surface area contributed by atoms with E-state index >= 15 is 0 Å². The second-order valence-electron chi connectivity index (χ2n) is 9.14. The van der Waals surface area contributed by atoms with Crippen LogP contribution in [0.1, 0.15) is 28.1 Å². The highest BCUT2D eigenvalue weighted by atomic mass is 35.5. The van der Waals surface area contributed by atoms with Gasteiger partial charge in [0.05, 0.1) is 16.8 Å². The van der Waals surface area contributed by atoms with Crippen molar-refractivity contribution in [2.75, 3.05) is 10.8 Å². The summed E-state index contributed by atoms with van der Waals surface area (Å²) in [6.45, 7) is 6.99. The Morgan fingerprint density at radius 1 is 0.974 bits per heavy atom. The largest absolute Gasteiger partial charge is 0.318 e. The zero-order chi connectivity index (χ0) is 28.3. The number of benzene rings is 3. The standard InChI is InChI=1S/C29H28Cl2N4O3S/c1-19-11-13-26(14-12-19)39(37,38)34(28-10-6-9-27(31)21(28)3)18-29(36)33-32-17-23-15-20(2)35(22(23)4)25-8-5-7-24(30)16-25/h5-17H,18H2,1-4H3,(H,33,36)/b32-17-. The number of nitrogens with zero attached hydrogens (tertiary/aromatic N) is 3. The third kappa shape index (κ3) is 6.19. The third-order valence-electron chi connectivity index (χ3n) is 6.33. The van der Waals surface area contributed by atoms with Crippen molar-refractivity contribution < 1.29 is 13.2 Å². The number of aromatic nitrogens is 1. The van der Waals surface area contributed by atoms with Crippen LogP contribution >= 0.6 is 23.2 Å². The first-order chi connectivity index (χ1) is 18.5. The van der Waals surface area contributed by atoms with E-state index in [1.54, 1.807) is 37.3 Å². The molecule has 0 unspecified atom stereocenters. The fraction of sp³-hybridized carbons (Fsp3) is 0.172. The van der Waals surface area contributed by atoms with E-state index in [-0.39, 0.29) is 4.90 Å². The van der Waals surface area contributed by atoms with Crippen LogP contribution in [0.4, 0.5) is 5.69 Å². The molecule has 10 heteroatoms. The maximum absolute atomic E-state index is 13.6. The zero-order valence-electron chi connectivity index (χ0n) is 21.9. The highest BCUT2D eigenvalue weighted by molar-refractivity contribution is 7.92. The average molecular weight is 584 g/mol. The number of aryl methyl sites for hydroxylation is 2. The maximum Gasteiger partial charge on any atom is 0.264 e. The fourth-order valence-corrected chi connectivity index (χ4v) is 6.11. The summed E-state index contributed by atoms with van der Waals surface area (Å²) in [5, 5.41) is 5.13. The van der Waals surface area contributed by atoms with Gasteiger partial charge in [-0.2, -0.15) is 5.10 Å². The minimum Gasteiger partial charge on any atom is -0.318 e. The lowest BCUT2D eigenvalue weighted by atomic mass is 10.2. The second kappa shape index (κ2) is 11.7. The minimum absolute atomic E-state index is 0.0669. The molecule has 0 atom stereocenters. The van der Waals surface area contributed by atoms with Crippen LogP contribution in [0, 0.1) is 27.7 Å². The molecule has 0 spiro atoms. The summed E-state index contributed by atoms with van der Waals surface area (Å²) in [4.78, 5) is 13.0. The lowest BCUT2D eigenvalue weighted by molar-refractivity contribution is -0.119. The van der Waals surface area contributed by atoms with Gasteiger partial charge in [-0.3, -0.25) is 9.10 Å². The Labute approximate surface area is 238 Å². The second-order valence-corrected chi connectivity index (χ2v) is 11.8. The van der Waals surface area contributed by atoms with Crippen molar-refractivity contribution >= 4 is 51.0 Å². The van der Waals surface area contributed by atoms with E-state index in [0.29, 0.717) is 21.3 Å². The predicted octanol–water partition coefficient (Wildman–Crippen LogP) is 6.36. The molecule has 1 N–H and O–H groups in total. The maximum atomic E-state index is 13.6. The topological polar surface area (TPSA) is 83.8 Å². The molecular formula is C29H28Cl2N4O3S. The van der Waals surface area contributed by atoms with Crippen LogP contribution < -0.4 is 9.73 Å². The number of sulfonamides is 1. The molecule has 1 amide bonds. The number of carbonyl (C=O) groups excluding carboxylic acids is 1. The van der Waals surface area contributed by atoms with Crippen molar-refractivity contribution in [2.24, 2.45) is 5.10 Å². The quantitative estimate of drug-likeness (QED) is 0.194. The molecule has 1 heterocycles. The number of hydrogen-bond acceptors (Lipinski definition) is 4. The van der Waals surface area contributed by atoms with Gasteiger partial charge in [0.15, 0.2) is 0 Å². The summed E-state index contributed by atoms with van der Waals surface area (Å²) in [7, 11) is -4.08. The Morgan fingerprint density at radius 2 is 1.67 bits per heavy atom. The van der Waals surface area contributed by atoms with Crippen molar-refractivity contribution in [3.05, 3.63) is 111 Å². The Balaban J connectivity index is 1.59. The van der Waals surface area contributed by atoms with Gasteiger partial charge < -0.3 is 4.57 Å². The number of amides is 1. The molecule has 1 aromatic heterocycles. The van der Waals surface area contributed by atoms with Gasteiger partial charge in [-0.25, -0.2) is 13.8 Å². The van der Waals surface area contributed by atoms with Gasteiger partial charge in [-0.15, -0.1) is 0 Å². The number of anilines is 1. The van der Waals surface area contributed by atoms with E-state index in [4.69, 9.17) is 23.2 Å². The first kappa shape index (κ1) is 28.4. The summed E-state index contributed by atoms with van der Waals surface area (Å²) in [6, 6.07) is 20.8. The molecule has 3 aromatic carbocycles. The fourth-order valence-electron chi connectivity index (χ4n) is 4.27. The summed E-state index contributed by atoms with van der Waals surface area (Å²) in [5.41, 5.74) is 7.82. The van der Waals surface area contributed by atoms with Gasteiger partial charge in [-0.05, 0) is 81.8 Å². The summed E-state index contributed by atoms with van der Waals surface area (Å²) < 4.78 is 30.4. The molecule has 0 bridgehead atoms. The molecule has 202 valence electrons. The first-order valence-corrected chi connectivity index (χ1v) is 14.3. The van der Waals surface area contributed by atoms with Gasteiger partial charge >= 0.3 is 0 Å². The van der Waals surface area contributed by atoms with E-state index in [1.807, 2.05) is 55.7 Å². The SMILES string of the molecule is Cc1ccc(S(=O)(=O)N(CC(=O)N/N=C\c2cc(C)n(-c3cccc(Cl)c3)c2C)c2cccc(Cl)c2C)cc1. The van der Waals surface area contributed by atoms with Gasteiger partial charge in [0.25, 0.3) is 15.9 Å². The number of hydrogen-bond donors (Lipinski definition) is 1.